The van der Waals surface area contributed by atoms with Crippen molar-refractivity contribution in [3.63, 3.8) is 0 Å². The van der Waals surface area contributed by atoms with E-state index in [1.807, 2.05) is 6.92 Å². The Hall–Kier alpha value is -0.900. The fourth-order valence-corrected chi connectivity index (χ4v) is 2.69. The van der Waals surface area contributed by atoms with Crippen molar-refractivity contribution in [3.05, 3.63) is 0 Å². The van der Waals surface area contributed by atoms with Crippen LogP contribution in [0.5, 0.6) is 0 Å². The molecule has 2 amide bonds. The van der Waals surface area contributed by atoms with Gasteiger partial charge in [-0.1, -0.05) is 27.7 Å². The molecule has 0 aromatic rings. The van der Waals surface area contributed by atoms with Crippen molar-refractivity contribution in [3.8, 4) is 0 Å². The summed E-state index contributed by atoms with van der Waals surface area (Å²) in [6.07, 6.45) is 0.315. The van der Waals surface area contributed by atoms with Gasteiger partial charge in [-0.15, -0.1) is 0 Å². The third-order valence-corrected chi connectivity index (χ3v) is 3.87. The Morgan fingerprint density at radius 1 is 1.22 bits per heavy atom. The lowest BCUT2D eigenvalue weighted by molar-refractivity contribution is -0.138. The zero-order valence-electron chi connectivity index (χ0n) is 12.2. The van der Waals surface area contributed by atoms with E-state index in [1.54, 1.807) is 0 Å². The fourth-order valence-electron chi connectivity index (χ4n) is 2.69. The average Bonchev–Trinajstić information content (AvgIpc) is 2.53. The first-order chi connectivity index (χ1) is 8.38. The molecule has 0 bridgehead atoms. The van der Waals surface area contributed by atoms with Crippen molar-refractivity contribution in [2.45, 2.75) is 47.1 Å². The Morgan fingerprint density at radius 3 is 2.17 bits per heavy atom. The highest BCUT2D eigenvalue weighted by Gasteiger charge is 2.37. The van der Waals surface area contributed by atoms with Crippen molar-refractivity contribution in [1.82, 2.24) is 10.2 Å². The molecule has 18 heavy (non-hydrogen) atoms. The SMILES string of the molecule is CCN1C(=O)CC(NCC(C(C)C)C(C)C)C1=O. The van der Waals surface area contributed by atoms with E-state index in [-0.39, 0.29) is 17.9 Å². The number of likely N-dealkylation sites (tertiary alicyclic amines) is 1. The summed E-state index contributed by atoms with van der Waals surface area (Å²) in [6, 6.07) is -0.308. The van der Waals surface area contributed by atoms with Gasteiger partial charge in [-0.05, 0) is 31.2 Å². The van der Waals surface area contributed by atoms with Crippen LogP contribution in [0, 0.1) is 17.8 Å². The smallest absolute Gasteiger partial charge is 0.246 e. The Morgan fingerprint density at radius 2 is 1.78 bits per heavy atom. The van der Waals surface area contributed by atoms with Crippen LogP contribution in [0.25, 0.3) is 0 Å². The van der Waals surface area contributed by atoms with Gasteiger partial charge in [-0.25, -0.2) is 0 Å². The molecule has 1 saturated heterocycles. The summed E-state index contributed by atoms with van der Waals surface area (Å²) in [5.41, 5.74) is 0. The molecule has 0 spiro atoms. The number of nitrogens with one attached hydrogen (secondary N) is 1. The van der Waals surface area contributed by atoms with Crippen LogP contribution in [-0.2, 0) is 9.59 Å². The van der Waals surface area contributed by atoms with Gasteiger partial charge in [-0.2, -0.15) is 0 Å². The number of imide groups is 1. The normalized spacial score (nSPS) is 20.9. The van der Waals surface area contributed by atoms with Gasteiger partial charge < -0.3 is 5.32 Å². The number of hydrogen-bond donors (Lipinski definition) is 1. The average molecular weight is 254 g/mol. The van der Waals surface area contributed by atoms with Gasteiger partial charge in [0.25, 0.3) is 0 Å². The van der Waals surface area contributed by atoms with Gasteiger partial charge in [0.2, 0.25) is 11.8 Å². The quantitative estimate of drug-likeness (QED) is 0.733. The number of carbonyl (C=O) groups excluding carboxylic acids is 2. The standard InChI is InChI=1S/C14H26N2O2/c1-6-16-13(17)7-12(14(16)18)15-8-11(9(2)3)10(4)5/h9-12,15H,6-8H2,1-5H3. The molecule has 4 heteroatoms. The molecule has 1 aliphatic heterocycles. The van der Waals surface area contributed by atoms with Crippen molar-refractivity contribution < 1.29 is 9.59 Å². The second-order valence-electron chi connectivity index (χ2n) is 5.79. The maximum Gasteiger partial charge on any atom is 0.246 e. The minimum absolute atomic E-state index is 0.0503. The molecule has 1 rings (SSSR count). The lowest BCUT2D eigenvalue weighted by Gasteiger charge is -2.26. The molecule has 1 aliphatic rings. The Balaban J connectivity index is 2.54. The van der Waals surface area contributed by atoms with Crippen LogP contribution in [0.3, 0.4) is 0 Å². The Kier molecular flexibility index (Phi) is 5.32. The van der Waals surface area contributed by atoms with Gasteiger partial charge in [0.05, 0.1) is 12.5 Å². The minimum Gasteiger partial charge on any atom is -0.305 e. The molecule has 0 aromatic carbocycles. The topological polar surface area (TPSA) is 49.4 Å². The van der Waals surface area contributed by atoms with Gasteiger partial charge >= 0.3 is 0 Å². The molecule has 0 radical (unpaired) electrons. The zero-order chi connectivity index (χ0) is 13.9. The van der Waals surface area contributed by atoms with Gasteiger partial charge in [0.1, 0.15) is 0 Å². The van der Waals surface area contributed by atoms with Crippen LogP contribution < -0.4 is 5.32 Å². The highest BCUT2D eigenvalue weighted by atomic mass is 16.2. The molecule has 4 nitrogen and oxygen atoms in total. The second-order valence-corrected chi connectivity index (χ2v) is 5.79. The zero-order valence-corrected chi connectivity index (χ0v) is 12.2. The molecule has 0 saturated carbocycles. The summed E-state index contributed by atoms with van der Waals surface area (Å²) >= 11 is 0. The van der Waals surface area contributed by atoms with Crippen LogP contribution in [0.1, 0.15) is 41.0 Å². The number of carbonyl (C=O) groups is 2. The molecular formula is C14H26N2O2. The van der Waals surface area contributed by atoms with Gasteiger partial charge in [-0.3, -0.25) is 14.5 Å². The predicted octanol–water partition coefficient (Wildman–Crippen LogP) is 1.65. The first-order valence-corrected chi connectivity index (χ1v) is 6.96. The van der Waals surface area contributed by atoms with E-state index in [0.29, 0.717) is 30.7 Å². The summed E-state index contributed by atoms with van der Waals surface area (Å²) in [6.45, 7) is 11.9. The highest BCUT2D eigenvalue weighted by Crippen LogP contribution is 2.20. The Bertz CT molecular complexity index is 305. The third-order valence-electron chi connectivity index (χ3n) is 3.87. The third kappa shape index (κ3) is 3.31. The first-order valence-electron chi connectivity index (χ1n) is 6.96. The molecular weight excluding hydrogens is 228 g/mol. The van der Waals surface area contributed by atoms with Gasteiger partial charge in [0.15, 0.2) is 0 Å². The van der Waals surface area contributed by atoms with E-state index >= 15 is 0 Å². The molecule has 1 atom stereocenters. The van der Waals surface area contributed by atoms with Crippen molar-refractivity contribution >= 4 is 11.8 Å². The molecule has 0 aromatic heterocycles. The summed E-state index contributed by atoms with van der Waals surface area (Å²) < 4.78 is 0. The van der Waals surface area contributed by atoms with Crippen molar-refractivity contribution in [2.24, 2.45) is 17.8 Å². The summed E-state index contributed by atoms with van der Waals surface area (Å²) in [5, 5.41) is 3.28. The van der Waals surface area contributed by atoms with Crippen LogP contribution >= 0.6 is 0 Å². The molecule has 104 valence electrons. The highest BCUT2D eigenvalue weighted by molar-refractivity contribution is 6.05. The van der Waals surface area contributed by atoms with E-state index in [1.165, 1.54) is 4.90 Å². The number of likely N-dealkylation sites (N-methyl/N-ethyl adjacent to an activating group) is 1. The molecule has 1 N–H and O–H groups in total. The second kappa shape index (κ2) is 6.32. The number of nitrogens with zero attached hydrogens (tertiary/aromatic N) is 1. The Labute approximate surface area is 110 Å². The van der Waals surface area contributed by atoms with E-state index in [4.69, 9.17) is 0 Å². The molecule has 1 heterocycles. The van der Waals surface area contributed by atoms with E-state index in [9.17, 15) is 9.59 Å². The van der Waals surface area contributed by atoms with Crippen LogP contribution in [0.4, 0.5) is 0 Å². The molecule has 1 fully saturated rings. The molecule has 0 aliphatic carbocycles. The van der Waals surface area contributed by atoms with Crippen LogP contribution in [-0.4, -0.2) is 35.8 Å². The maximum atomic E-state index is 11.9. The first kappa shape index (κ1) is 15.2. The number of amides is 2. The van der Waals surface area contributed by atoms with E-state index < -0.39 is 0 Å². The largest absolute Gasteiger partial charge is 0.305 e. The predicted molar refractivity (Wildman–Crippen MR) is 72.0 cm³/mol. The lowest BCUT2D eigenvalue weighted by atomic mass is 9.85. The monoisotopic (exact) mass is 254 g/mol. The number of rotatable bonds is 6. The summed E-state index contributed by atoms with van der Waals surface area (Å²) in [4.78, 5) is 24.9. The summed E-state index contributed by atoms with van der Waals surface area (Å²) in [7, 11) is 0. The van der Waals surface area contributed by atoms with E-state index in [0.717, 1.165) is 6.54 Å². The molecule has 1 unspecified atom stereocenters. The number of hydrogen-bond acceptors (Lipinski definition) is 3. The van der Waals surface area contributed by atoms with Gasteiger partial charge in [0, 0.05) is 6.54 Å². The minimum atomic E-state index is -0.308. The van der Waals surface area contributed by atoms with Crippen molar-refractivity contribution in [2.75, 3.05) is 13.1 Å². The van der Waals surface area contributed by atoms with E-state index in [2.05, 4.69) is 33.0 Å². The van der Waals surface area contributed by atoms with Crippen LogP contribution in [0.2, 0.25) is 0 Å². The van der Waals surface area contributed by atoms with Crippen LogP contribution in [0.15, 0.2) is 0 Å². The fraction of sp³-hybridized carbons (Fsp3) is 0.857. The summed E-state index contributed by atoms with van der Waals surface area (Å²) in [5.74, 6) is 1.57. The maximum absolute atomic E-state index is 11.9. The lowest BCUT2D eigenvalue weighted by Crippen LogP contribution is -2.42. The van der Waals surface area contributed by atoms with Crippen molar-refractivity contribution in [1.29, 1.82) is 0 Å².